The molecule has 1 saturated carbocycles. The van der Waals surface area contributed by atoms with Gasteiger partial charge in [-0.15, -0.1) is 0 Å². The van der Waals surface area contributed by atoms with Gasteiger partial charge in [0.15, 0.2) is 0 Å². The number of phenolic OH excluding ortho intramolecular Hbond substituents is 1. The average Bonchev–Trinajstić information content (AvgIpc) is 2.80. The van der Waals surface area contributed by atoms with E-state index in [0.717, 1.165) is 35.0 Å². The van der Waals surface area contributed by atoms with Gasteiger partial charge in [-0.1, -0.05) is 30.3 Å². The molecule has 0 saturated heterocycles. The van der Waals surface area contributed by atoms with Crippen molar-refractivity contribution < 1.29 is 5.11 Å². The highest BCUT2D eigenvalue weighted by molar-refractivity contribution is 5.95. The van der Waals surface area contributed by atoms with Crippen LogP contribution in [-0.4, -0.2) is 9.67 Å². The number of fused-ring (bicyclic) bond motifs is 1. The van der Waals surface area contributed by atoms with Crippen molar-refractivity contribution in [1.82, 2.24) is 4.57 Å². The van der Waals surface area contributed by atoms with Crippen molar-refractivity contribution in [3.8, 4) is 23.1 Å². The first-order chi connectivity index (χ1) is 10.8. The summed E-state index contributed by atoms with van der Waals surface area (Å²) >= 11 is 0. The zero-order valence-electron chi connectivity index (χ0n) is 12.2. The molecule has 0 bridgehead atoms. The second-order valence-electron chi connectivity index (χ2n) is 5.86. The van der Waals surface area contributed by atoms with Crippen molar-refractivity contribution in [2.24, 2.45) is 0 Å². The Morgan fingerprint density at radius 1 is 1.09 bits per heavy atom. The molecule has 1 heterocycles. The molecule has 0 radical (unpaired) electrons. The summed E-state index contributed by atoms with van der Waals surface area (Å²) in [6.45, 7) is 0. The summed E-state index contributed by atoms with van der Waals surface area (Å²) in [7, 11) is 0. The summed E-state index contributed by atoms with van der Waals surface area (Å²) in [4.78, 5) is 0. The van der Waals surface area contributed by atoms with Crippen molar-refractivity contribution >= 4 is 10.9 Å². The van der Waals surface area contributed by atoms with Crippen molar-refractivity contribution in [2.45, 2.75) is 25.3 Å². The molecule has 1 aliphatic carbocycles. The van der Waals surface area contributed by atoms with E-state index in [1.165, 1.54) is 6.42 Å². The summed E-state index contributed by atoms with van der Waals surface area (Å²) in [6, 6.07) is 18.2. The van der Waals surface area contributed by atoms with E-state index in [-0.39, 0.29) is 5.75 Å². The molecule has 22 heavy (non-hydrogen) atoms. The second-order valence-corrected chi connectivity index (χ2v) is 5.86. The van der Waals surface area contributed by atoms with Gasteiger partial charge in [-0.25, -0.2) is 0 Å². The van der Waals surface area contributed by atoms with E-state index in [4.69, 9.17) is 0 Å². The van der Waals surface area contributed by atoms with Crippen molar-refractivity contribution in [3.05, 3.63) is 54.1 Å². The van der Waals surface area contributed by atoms with Gasteiger partial charge < -0.3 is 9.67 Å². The number of nitriles is 1. The maximum atomic E-state index is 9.87. The Morgan fingerprint density at radius 2 is 1.86 bits per heavy atom. The fraction of sp³-hybridized carbons (Fsp3) is 0.211. The van der Waals surface area contributed by atoms with Crippen LogP contribution in [0, 0.1) is 11.3 Å². The SMILES string of the molecule is N#Cc1c(-c2ccccc2)n(C2CCC2)c2cc(O)ccc12. The number of aromatic hydroxyl groups is 1. The zero-order chi connectivity index (χ0) is 15.1. The van der Waals surface area contributed by atoms with Crippen molar-refractivity contribution in [2.75, 3.05) is 0 Å². The van der Waals surface area contributed by atoms with Crippen molar-refractivity contribution in [1.29, 1.82) is 5.26 Å². The third kappa shape index (κ3) is 1.81. The van der Waals surface area contributed by atoms with Gasteiger partial charge in [0.25, 0.3) is 0 Å². The standard InChI is InChI=1S/C19H16N2O/c20-12-17-16-10-9-15(22)11-18(16)21(14-7-4-8-14)19(17)13-5-2-1-3-6-13/h1-3,5-6,9-11,14,22H,4,7-8H2. The molecule has 3 nitrogen and oxygen atoms in total. The number of hydrogen-bond acceptors (Lipinski definition) is 2. The molecule has 0 unspecified atom stereocenters. The summed E-state index contributed by atoms with van der Waals surface area (Å²) in [6.07, 6.45) is 3.48. The van der Waals surface area contributed by atoms with Gasteiger partial charge in [0, 0.05) is 17.5 Å². The lowest BCUT2D eigenvalue weighted by atomic mass is 9.92. The molecule has 1 N–H and O–H groups in total. The Morgan fingerprint density at radius 3 is 2.50 bits per heavy atom. The summed E-state index contributed by atoms with van der Waals surface area (Å²) < 4.78 is 2.26. The van der Waals surface area contributed by atoms with Gasteiger partial charge in [-0.2, -0.15) is 5.26 Å². The lowest BCUT2D eigenvalue weighted by Crippen LogP contribution is -2.17. The van der Waals surface area contributed by atoms with Crippen LogP contribution in [0.15, 0.2) is 48.5 Å². The predicted molar refractivity (Wildman–Crippen MR) is 86.6 cm³/mol. The molecule has 0 atom stereocenters. The van der Waals surface area contributed by atoms with E-state index in [0.29, 0.717) is 11.6 Å². The molecule has 3 heteroatoms. The maximum absolute atomic E-state index is 9.87. The highest BCUT2D eigenvalue weighted by atomic mass is 16.3. The Hall–Kier alpha value is -2.73. The molecular weight excluding hydrogens is 272 g/mol. The van der Waals surface area contributed by atoms with E-state index in [1.807, 2.05) is 36.4 Å². The first-order valence-electron chi connectivity index (χ1n) is 7.62. The Balaban J connectivity index is 2.11. The Bertz CT molecular complexity index is 883. The molecule has 1 fully saturated rings. The Kier molecular flexibility index (Phi) is 2.90. The smallest absolute Gasteiger partial charge is 0.117 e. The molecule has 0 spiro atoms. The van der Waals surface area contributed by atoms with E-state index in [9.17, 15) is 10.4 Å². The van der Waals surface area contributed by atoms with Gasteiger partial charge in [0.2, 0.25) is 0 Å². The van der Waals surface area contributed by atoms with Crippen LogP contribution in [0.2, 0.25) is 0 Å². The van der Waals surface area contributed by atoms with E-state index < -0.39 is 0 Å². The fourth-order valence-corrected chi connectivity index (χ4v) is 3.32. The maximum Gasteiger partial charge on any atom is 0.117 e. The topological polar surface area (TPSA) is 49.0 Å². The van der Waals surface area contributed by atoms with Crippen LogP contribution < -0.4 is 0 Å². The summed E-state index contributed by atoms with van der Waals surface area (Å²) in [5, 5.41) is 20.5. The fourth-order valence-electron chi connectivity index (χ4n) is 3.32. The average molecular weight is 288 g/mol. The minimum absolute atomic E-state index is 0.245. The molecule has 108 valence electrons. The van der Waals surface area contributed by atoms with Crippen LogP contribution in [0.25, 0.3) is 22.2 Å². The van der Waals surface area contributed by atoms with Crippen LogP contribution in [0.5, 0.6) is 5.75 Å². The van der Waals surface area contributed by atoms with Crippen LogP contribution >= 0.6 is 0 Å². The molecule has 4 rings (SSSR count). The van der Waals surface area contributed by atoms with Gasteiger partial charge in [0.05, 0.1) is 16.8 Å². The van der Waals surface area contributed by atoms with Crippen LogP contribution in [0.3, 0.4) is 0 Å². The Labute approximate surface area is 129 Å². The lowest BCUT2D eigenvalue weighted by molar-refractivity contribution is 0.324. The molecule has 1 aromatic heterocycles. The zero-order valence-corrected chi connectivity index (χ0v) is 12.2. The van der Waals surface area contributed by atoms with Crippen LogP contribution in [-0.2, 0) is 0 Å². The predicted octanol–water partition coefficient (Wildman–Crippen LogP) is 4.61. The minimum Gasteiger partial charge on any atom is -0.508 e. The first kappa shape index (κ1) is 13.0. The monoisotopic (exact) mass is 288 g/mol. The minimum atomic E-state index is 0.245. The second kappa shape index (κ2) is 4.92. The van der Waals surface area contributed by atoms with Crippen molar-refractivity contribution in [3.63, 3.8) is 0 Å². The summed E-state index contributed by atoms with van der Waals surface area (Å²) in [5.41, 5.74) is 3.70. The van der Waals surface area contributed by atoms with Crippen LogP contribution in [0.1, 0.15) is 30.9 Å². The first-order valence-corrected chi connectivity index (χ1v) is 7.62. The van der Waals surface area contributed by atoms with Gasteiger partial charge in [0.1, 0.15) is 11.8 Å². The van der Waals surface area contributed by atoms with Crippen LogP contribution in [0.4, 0.5) is 0 Å². The third-order valence-electron chi connectivity index (χ3n) is 4.59. The highest BCUT2D eigenvalue weighted by Crippen LogP contribution is 2.43. The molecular formula is C19H16N2O. The normalized spacial score (nSPS) is 14.7. The number of hydrogen-bond donors (Lipinski definition) is 1. The quantitative estimate of drug-likeness (QED) is 0.748. The number of nitrogens with zero attached hydrogens (tertiary/aromatic N) is 2. The lowest BCUT2D eigenvalue weighted by Gasteiger charge is -2.30. The molecule has 3 aromatic rings. The number of aromatic nitrogens is 1. The number of phenols is 1. The highest BCUT2D eigenvalue weighted by Gasteiger charge is 2.27. The van der Waals surface area contributed by atoms with Gasteiger partial charge >= 0.3 is 0 Å². The number of benzene rings is 2. The van der Waals surface area contributed by atoms with E-state index in [1.54, 1.807) is 12.1 Å². The molecule has 1 aliphatic rings. The largest absolute Gasteiger partial charge is 0.508 e. The van der Waals surface area contributed by atoms with E-state index >= 15 is 0 Å². The van der Waals surface area contributed by atoms with Gasteiger partial charge in [-0.05, 0) is 37.0 Å². The van der Waals surface area contributed by atoms with Gasteiger partial charge in [-0.3, -0.25) is 0 Å². The molecule has 2 aromatic carbocycles. The molecule has 0 aliphatic heterocycles. The molecule has 0 amide bonds. The summed E-state index contributed by atoms with van der Waals surface area (Å²) in [5.74, 6) is 0.245. The third-order valence-corrected chi connectivity index (χ3v) is 4.59. The van der Waals surface area contributed by atoms with E-state index in [2.05, 4.69) is 10.6 Å². The number of rotatable bonds is 2.